The number of aromatic nitrogens is 2. The van der Waals surface area contributed by atoms with Crippen LogP contribution in [0.25, 0.3) is 0 Å². The maximum atomic E-state index is 5.84. The fourth-order valence-corrected chi connectivity index (χ4v) is 1.60. The lowest BCUT2D eigenvalue weighted by atomic mass is 10.1. The van der Waals surface area contributed by atoms with Crippen LogP contribution in [0, 0.1) is 6.92 Å². The van der Waals surface area contributed by atoms with Crippen molar-refractivity contribution in [2.45, 2.75) is 25.8 Å². The SMILES string of the molecule is Cc1nnc(N2CCC[C@@H](N)C2)o1. The Kier molecular flexibility index (Phi) is 2.18. The monoisotopic (exact) mass is 182 g/mol. The standard InChI is InChI=1S/C8H14N4O/c1-6-10-11-8(13-6)12-4-2-3-7(9)5-12/h7H,2-5,9H2,1H3/t7-/m1/s1. The maximum absolute atomic E-state index is 5.84. The Labute approximate surface area is 76.9 Å². The number of nitrogens with zero attached hydrogens (tertiary/aromatic N) is 3. The third-order valence-electron chi connectivity index (χ3n) is 2.24. The molecule has 0 radical (unpaired) electrons. The van der Waals surface area contributed by atoms with Crippen LogP contribution in [-0.2, 0) is 0 Å². The molecule has 13 heavy (non-hydrogen) atoms. The van der Waals surface area contributed by atoms with Crippen LogP contribution in [0.1, 0.15) is 18.7 Å². The second-order valence-corrected chi connectivity index (χ2v) is 3.45. The van der Waals surface area contributed by atoms with Gasteiger partial charge in [-0.05, 0) is 12.8 Å². The minimum atomic E-state index is 0.237. The number of hydrogen-bond donors (Lipinski definition) is 1. The largest absolute Gasteiger partial charge is 0.408 e. The average molecular weight is 182 g/mol. The predicted octanol–water partition coefficient (Wildman–Crippen LogP) is 0.306. The van der Waals surface area contributed by atoms with Crippen LogP contribution in [0.3, 0.4) is 0 Å². The zero-order chi connectivity index (χ0) is 9.26. The molecule has 1 aliphatic heterocycles. The summed E-state index contributed by atoms with van der Waals surface area (Å²) in [5, 5.41) is 7.75. The first-order valence-corrected chi connectivity index (χ1v) is 4.56. The molecule has 2 heterocycles. The molecule has 1 atom stereocenters. The molecule has 1 aliphatic rings. The van der Waals surface area contributed by atoms with Crippen molar-refractivity contribution in [1.29, 1.82) is 0 Å². The summed E-state index contributed by atoms with van der Waals surface area (Å²) >= 11 is 0. The molecule has 1 aromatic rings. The minimum absolute atomic E-state index is 0.237. The van der Waals surface area contributed by atoms with Gasteiger partial charge in [0.1, 0.15) is 0 Å². The number of nitrogens with two attached hydrogens (primary N) is 1. The topological polar surface area (TPSA) is 68.2 Å². The molecule has 0 aromatic carbocycles. The lowest BCUT2D eigenvalue weighted by Crippen LogP contribution is -2.43. The van der Waals surface area contributed by atoms with Gasteiger partial charge in [0.25, 0.3) is 0 Å². The van der Waals surface area contributed by atoms with Crippen molar-refractivity contribution in [3.63, 3.8) is 0 Å². The Morgan fingerprint density at radius 2 is 2.38 bits per heavy atom. The molecule has 0 spiro atoms. The zero-order valence-corrected chi connectivity index (χ0v) is 7.73. The minimum Gasteiger partial charge on any atom is -0.408 e. The fourth-order valence-electron chi connectivity index (χ4n) is 1.60. The smallest absolute Gasteiger partial charge is 0.318 e. The van der Waals surface area contributed by atoms with Crippen molar-refractivity contribution in [1.82, 2.24) is 10.2 Å². The molecular formula is C8H14N4O. The molecule has 1 fully saturated rings. The lowest BCUT2D eigenvalue weighted by molar-refractivity contribution is 0.448. The van der Waals surface area contributed by atoms with Gasteiger partial charge in [0, 0.05) is 26.1 Å². The summed E-state index contributed by atoms with van der Waals surface area (Å²) in [6.07, 6.45) is 2.19. The van der Waals surface area contributed by atoms with Crippen LogP contribution in [0.15, 0.2) is 4.42 Å². The van der Waals surface area contributed by atoms with E-state index in [4.69, 9.17) is 10.2 Å². The molecule has 1 saturated heterocycles. The van der Waals surface area contributed by atoms with Crippen molar-refractivity contribution in [2.75, 3.05) is 18.0 Å². The summed E-state index contributed by atoms with van der Waals surface area (Å²) in [4.78, 5) is 2.05. The van der Waals surface area contributed by atoms with E-state index in [1.54, 1.807) is 6.92 Å². The second-order valence-electron chi connectivity index (χ2n) is 3.45. The van der Waals surface area contributed by atoms with Crippen LogP contribution in [0.2, 0.25) is 0 Å². The van der Waals surface area contributed by atoms with Crippen LogP contribution >= 0.6 is 0 Å². The van der Waals surface area contributed by atoms with Gasteiger partial charge in [0.2, 0.25) is 5.89 Å². The van der Waals surface area contributed by atoms with Gasteiger partial charge in [-0.3, -0.25) is 0 Å². The number of hydrogen-bond acceptors (Lipinski definition) is 5. The van der Waals surface area contributed by atoms with Gasteiger partial charge in [-0.1, -0.05) is 5.10 Å². The van der Waals surface area contributed by atoms with E-state index in [0.29, 0.717) is 11.9 Å². The molecule has 5 nitrogen and oxygen atoms in total. The van der Waals surface area contributed by atoms with E-state index in [2.05, 4.69) is 10.2 Å². The van der Waals surface area contributed by atoms with E-state index in [1.807, 2.05) is 4.90 Å². The summed E-state index contributed by atoms with van der Waals surface area (Å²) in [7, 11) is 0. The average Bonchev–Trinajstić information content (AvgIpc) is 2.52. The Morgan fingerprint density at radius 1 is 1.54 bits per heavy atom. The first-order valence-electron chi connectivity index (χ1n) is 4.56. The third-order valence-corrected chi connectivity index (χ3v) is 2.24. The van der Waals surface area contributed by atoms with Crippen LogP contribution in [-0.4, -0.2) is 29.3 Å². The summed E-state index contributed by atoms with van der Waals surface area (Å²) in [5.41, 5.74) is 5.84. The van der Waals surface area contributed by atoms with E-state index < -0.39 is 0 Å². The van der Waals surface area contributed by atoms with Crippen molar-refractivity contribution in [3.8, 4) is 0 Å². The highest BCUT2D eigenvalue weighted by atomic mass is 16.4. The lowest BCUT2D eigenvalue weighted by Gasteiger charge is -2.28. The highest BCUT2D eigenvalue weighted by Crippen LogP contribution is 2.17. The van der Waals surface area contributed by atoms with Gasteiger partial charge >= 0.3 is 6.01 Å². The number of anilines is 1. The van der Waals surface area contributed by atoms with Crippen molar-refractivity contribution in [3.05, 3.63) is 5.89 Å². The Hall–Kier alpha value is -1.10. The number of piperidine rings is 1. The summed E-state index contributed by atoms with van der Waals surface area (Å²) < 4.78 is 5.32. The normalized spacial score (nSPS) is 23.5. The van der Waals surface area contributed by atoms with E-state index in [1.165, 1.54) is 0 Å². The zero-order valence-electron chi connectivity index (χ0n) is 7.73. The van der Waals surface area contributed by atoms with E-state index in [-0.39, 0.29) is 6.04 Å². The Bertz CT molecular complexity index is 285. The van der Waals surface area contributed by atoms with Gasteiger partial charge in [-0.25, -0.2) is 0 Å². The number of aryl methyl sites for hydroxylation is 1. The van der Waals surface area contributed by atoms with E-state index in [9.17, 15) is 0 Å². The van der Waals surface area contributed by atoms with Crippen molar-refractivity contribution < 1.29 is 4.42 Å². The predicted molar refractivity (Wildman–Crippen MR) is 48.5 cm³/mol. The number of rotatable bonds is 1. The summed E-state index contributed by atoms with van der Waals surface area (Å²) in [5.74, 6) is 0.606. The van der Waals surface area contributed by atoms with E-state index in [0.717, 1.165) is 25.9 Å². The van der Waals surface area contributed by atoms with Gasteiger partial charge in [0.15, 0.2) is 0 Å². The Balaban J connectivity index is 2.08. The molecule has 1 aromatic heterocycles. The second kappa shape index (κ2) is 3.33. The van der Waals surface area contributed by atoms with Crippen LogP contribution < -0.4 is 10.6 Å². The highest BCUT2D eigenvalue weighted by molar-refractivity contribution is 5.25. The molecule has 2 rings (SSSR count). The third kappa shape index (κ3) is 1.80. The highest BCUT2D eigenvalue weighted by Gasteiger charge is 2.20. The van der Waals surface area contributed by atoms with E-state index >= 15 is 0 Å². The molecule has 0 saturated carbocycles. The van der Waals surface area contributed by atoms with Crippen LogP contribution in [0.4, 0.5) is 6.01 Å². The molecule has 72 valence electrons. The Morgan fingerprint density at radius 3 is 3.00 bits per heavy atom. The molecule has 0 amide bonds. The maximum Gasteiger partial charge on any atom is 0.318 e. The molecule has 5 heteroatoms. The fraction of sp³-hybridized carbons (Fsp3) is 0.750. The quantitative estimate of drug-likeness (QED) is 0.676. The molecule has 2 N–H and O–H groups in total. The molecule has 0 unspecified atom stereocenters. The molecule has 0 aliphatic carbocycles. The van der Waals surface area contributed by atoms with Gasteiger partial charge in [-0.15, -0.1) is 5.10 Å². The first-order chi connectivity index (χ1) is 6.25. The molecular weight excluding hydrogens is 168 g/mol. The van der Waals surface area contributed by atoms with Crippen molar-refractivity contribution >= 4 is 6.01 Å². The summed E-state index contributed by atoms with van der Waals surface area (Å²) in [6.45, 7) is 3.58. The van der Waals surface area contributed by atoms with Crippen LogP contribution in [0.5, 0.6) is 0 Å². The van der Waals surface area contributed by atoms with Gasteiger partial charge < -0.3 is 15.1 Å². The summed E-state index contributed by atoms with van der Waals surface area (Å²) in [6, 6.07) is 0.841. The van der Waals surface area contributed by atoms with Crippen molar-refractivity contribution in [2.24, 2.45) is 5.73 Å². The van der Waals surface area contributed by atoms with Gasteiger partial charge in [-0.2, -0.15) is 0 Å². The molecule has 0 bridgehead atoms. The first kappa shape index (κ1) is 8.50. The van der Waals surface area contributed by atoms with Gasteiger partial charge in [0.05, 0.1) is 0 Å².